The minimum Gasteiger partial charge on any atom is -0.273 e. The summed E-state index contributed by atoms with van der Waals surface area (Å²) in [7, 11) is 0. The summed E-state index contributed by atoms with van der Waals surface area (Å²) in [6, 6.07) is 23.9. The lowest BCUT2D eigenvalue weighted by molar-refractivity contribution is -0.121. The third-order valence-corrected chi connectivity index (χ3v) is 6.03. The van der Waals surface area contributed by atoms with Crippen LogP contribution in [0.15, 0.2) is 88.4 Å². The number of amides is 2. The van der Waals surface area contributed by atoms with Crippen LogP contribution in [-0.2, 0) is 9.59 Å². The van der Waals surface area contributed by atoms with Gasteiger partial charge >= 0.3 is 0 Å². The van der Waals surface area contributed by atoms with Crippen LogP contribution in [-0.4, -0.2) is 23.6 Å². The molecule has 0 N–H and O–H groups in total. The summed E-state index contributed by atoms with van der Waals surface area (Å²) in [5.74, 6) is -1.15. The number of aryl methyl sites for hydroxylation is 1. The highest BCUT2D eigenvalue weighted by atomic mass is 79.9. The van der Waals surface area contributed by atoms with Crippen molar-refractivity contribution >= 4 is 44.8 Å². The molecule has 2 aliphatic rings. The van der Waals surface area contributed by atoms with E-state index in [-0.39, 0.29) is 11.8 Å². The summed E-state index contributed by atoms with van der Waals surface area (Å²) in [5, 5.41) is 6.44. The summed E-state index contributed by atoms with van der Waals surface area (Å²) in [6.45, 7) is 1.97. The van der Waals surface area contributed by atoms with E-state index in [1.807, 2.05) is 85.8 Å². The van der Waals surface area contributed by atoms with Gasteiger partial charge in [0, 0.05) is 4.47 Å². The minimum atomic E-state index is -0.695. The van der Waals surface area contributed by atoms with Gasteiger partial charge < -0.3 is 0 Å². The summed E-state index contributed by atoms with van der Waals surface area (Å²) < 4.78 is 0.941. The average Bonchev–Trinajstić information content (AvgIpc) is 3.27. The summed E-state index contributed by atoms with van der Waals surface area (Å²) >= 11 is 3.45. The molecule has 2 heterocycles. The number of halogens is 1. The molecule has 0 spiro atoms. The van der Waals surface area contributed by atoms with Gasteiger partial charge in [-0.15, -0.1) is 0 Å². The fraction of sp³-hybridized carbons (Fsp3) is 0.125. The first kappa shape index (κ1) is 18.8. The van der Waals surface area contributed by atoms with Gasteiger partial charge in [-0.2, -0.15) is 5.10 Å². The second kappa shape index (κ2) is 7.22. The van der Waals surface area contributed by atoms with Gasteiger partial charge in [-0.1, -0.05) is 64.0 Å². The van der Waals surface area contributed by atoms with E-state index >= 15 is 0 Å². The number of carbonyl (C=O) groups is 2. The van der Waals surface area contributed by atoms with Crippen LogP contribution in [0.4, 0.5) is 11.4 Å². The number of anilines is 2. The van der Waals surface area contributed by atoms with Crippen LogP contribution in [0, 0.1) is 12.8 Å². The van der Waals surface area contributed by atoms with Crippen LogP contribution in [0.2, 0.25) is 0 Å². The van der Waals surface area contributed by atoms with Crippen LogP contribution in [0.1, 0.15) is 11.1 Å². The molecule has 0 radical (unpaired) electrons. The topological polar surface area (TPSA) is 53.0 Å². The van der Waals surface area contributed by atoms with Crippen molar-refractivity contribution < 1.29 is 9.59 Å². The predicted octanol–water partition coefficient (Wildman–Crippen LogP) is 4.54. The van der Waals surface area contributed by atoms with Crippen LogP contribution in [0.3, 0.4) is 0 Å². The van der Waals surface area contributed by atoms with Crippen molar-refractivity contribution in [3.05, 3.63) is 94.5 Å². The highest BCUT2D eigenvalue weighted by molar-refractivity contribution is 9.10. The molecule has 148 valence electrons. The number of hydrogen-bond donors (Lipinski definition) is 0. The number of benzene rings is 3. The van der Waals surface area contributed by atoms with E-state index in [4.69, 9.17) is 5.10 Å². The first-order valence-electron chi connectivity index (χ1n) is 9.68. The molecule has 6 heteroatoms. The van der Waals surface area contributed by atoms with E-state index in [1.54, 1.807) is 5.01 Å². The van der Waals surface area contributed by atoms with Crippen LogP contribution >= 0.6 is 15.9 Å². The second-order valence-corrected chi connectivity index (χ2v) is 8.36. The monoisotopic (exact) mass is 459 g/mol. The SMILES string of the molecule is Cc1ccc(N2C(=O)[C@H]3C(c4ccc(Br)cc4)=NN(c4ccccc4)[C@@H]3C2=O)cc1. The molecule has 5 rings (SSSR count). The molecule has 2 aliphatic heterocycles. The van der Waals surface area contributed by atoms with E-state index < -0.39 is 12.0 Å². The highest BCUT2D eigenvalue weighted by Crippen LogP contribution is 2.39. The maximum atomic E-state index is 13.5. The number of hydrogen-bond acceptors (Lipinski definition) is 4. The highest BCUT2D eigenvalue weighted by Gasteiger charge is 2.57. The zero-order chi connectivity index (χ0) is 20.8. The Balaban J connectivity index is 1.63. The maximum Gasteiger partial charge on any atom is 0.259 e. The molecule has 0 aliphatic carbocycles. The molecule has 2 atom stereocenters. The Hall–Kier alpha value is -3.25. The third kappa shape index (κ3) is 2.95. The van der Waals surface area contributed by atoms with Gasteiger partial charge in [-0.3, -0.25) is 14.6 Å². The standard InChI is InChI=1S/C24H18BrN3O2/c1-15-7-13-18(14-8-15)27-23(29)20-21(16-9-11-17(25)12-10-16)26-28(22(20)24(27)30)19-5-3-2-4-6-19/h2-14,20,22H,1H3/t20-,22-/m0/s1. The van der Waals surface area contributed by atoms with Gasteiger partial charge in [-0.25, -0.2) is 4.90 Å². The van der Waals surface area contributed by atoms with Gasteiger partial charge in [0.05, 0.1) is 17.1 Å². The Morgan fingerprint density at radius 2 is 1.47 bits per heavy atom. The number of hydrazone groups is 1. The zero-order valence-corrected chi connectivity index (χ0v) is 17.8. The molecular weight excluding hydrogens is 442 g/mol. The van der Waals surface area contributed by atoms with Crippen molar-refractivity contribution in [1.29, 1.82) is 0 Å². The summed E-state index contributed by atoms with van der Waals surface area (Å²) in [6.07, 6.45) is 0. The normalized spacial score (nSPS) is 20.5. The number of carbonyl (C=O) groups excluding carboxylic acids is 2. The molecule has 2 amide bonds. The number of nitrogens with zero attached hydrogens (tertiary/aromatic N) is 3. The second-order valence-electron chi connectivity index (χ2n) is 7.44. The predicted molar refractivity (Wildman–Crippen MR) is 121 cm³/mol. The molecule has 1 fully saturated rings. The molecule has 0 unspecified atom stereocenters. The number of rotatable bonds is 3. The maximum absolute atomic E-state index is 13.5. The lowest BCUT2D eigenvalue weighted by atomic mass is 9.93. The largest absolute Gasteiger partial charge is 0.273 e. The van der Waals surface area contributed by atoms with Gasteiger partial charge in [0.15, 0.2) is 0 Å². The van der Waals surface area contributed by atoms with E-state index in [9.17, 15) is 9.59 Å². The van der Waals surface area contributed by atoms with Crippen molar-refractivity contribution in [3.8, 4) is 0 Å². The molecule has 0 saturated carbocycles. The fourth-order valence-electron chi connectivity index (χ4n) is 4.02. The van der Waals surface area contributed by atoms with Gasteiger partial charge in [0.1, 0.15) is 12.0 Å². The van der Waals surface area contributed by atoms with Crippen LogP contribution in [0.25, 0.3) is 0 Å². The Morgan fingerprint density at radius 3 is 2.13 bits per heavy atom. The van der Waals surface area contributed by atoms with Crippen LogP contribution < -0.4 is 9.91 Å². The summed E-state index contributed by atoms with van der Waals surface area (Å²) in [4.78, 5) is 28.3. The Bertz CT molecular complexity index is 1160. The Morgan fingerprint density at radius 1 is 0.800 bits per heavy atom. The first-order chi connectivity index (χ1) is 14.5. The lowest BCUT2D eigenvalue weighted by Gasteiger charge is -2.22. The van der Waals surface area contributed by atoms with E-state index in [0.717, 1.165) is 21.3 Å². The molecule has 30 heavy (non-hydrogen) atoms. The zero-order valence-electron chi connectivity index (χ0n) is 16.2. The third-order valence-electron chi connectivity index (χ3n) is 5.50. The molecule has 0 bridgehead atoms. The lowest BCUT2D eigenvalue weighted by Crippen LogP contribution is -2.39. The molecule has 3 aromatic carbocycles. The fourth-order valence-corrected chi connectivity index (χ4v) is 4.28. The molecule has 0 aromatic heterocycles. The minimum absolute atomic E-state index is 0.242. The van der Waals surface area contributed by atoms with Crippen molar-refractivity contribution in [3.63, 3.8) is 0 Å². The van der Waals surface area contributed by atoms with E-state index in [1.165, 1.54) is 4.90 Å². The van der Waals surface area contributed by atoms with Crippen molar-refractivity contribution in [2.45, 2.75) is 13.0 Å². The van der Waals surface area contributed by atoms with Crippen LogP contribution in [0.5, 0.6) is 0 Å². The van der Waals surface area contributed by atoms with Gasteiger partial charge in [0.25, 0.3) is 5.91 Å². The Kier molecular flexibility index (Phi) is 4.51. The Labute approximate surface area is 182 Å². The van der Waals surface area contributed by atoms with E-state index in [2.05, 4.69) is 15.9 Å². The number of fused-ring (bicyclic) bond motifs is 1. The van der Waals surface area contributed by atoms with Crippen molar-refractivity contribution in [2.75, 3.05) is 9.91 Å². The molecule has 5 nitrogen and oxygen atoms in total. The van der Waals surface area contributed by atoms with Gasteiger partial charge in [0.2, 0.25) is 5.91 Å². The van der Waals surface area contributed by atoms with Gasteiger partial charge in [-0.05, 0) is 48.9 Å². The van der Waals surface area contributed by atoms with E-state index in [0.29, 0.717) is 11.4 Å². The summed E-state index contributed by atoms with van der Waals surface area (Å²) in [5.41, 5.74) is 3.89. The average molecular weight is 460 g/mol. The first-order valence-corrected chi connectivity index (χ1v) is 10.5. The number of imide groups is 1. The quantitative estimate of drug-likeness (QED) is 0.540. The molecular formula is C24H18BrN3O2. The van der Waals surface area contributed by atoms with Crippen molar-refractivity contribution in [1.82, 2.24) is 0 Å². The molecule has 1 saturated heterocycles. The van der Waals surface area contributed by atoms with Crippen molar-refractivity contribution in [2.24, 2.45) is 11.0 Å². The smallest absolute Gasteiger partial charge is 0.259 e. The molecule has 3 aromatic rings. The number of para-hydroxylation sites is 1.